The molecule has 0 amide bonds. The highest BCUT2D eigenvalue weighted by atomic mass is 19.4. The minimum Gasteiger partial charge on any atom is -0.170 e. The maximum absolute atomic E-state index is 12.2. The second-order valence-corrected chi connectivity index (χ2v) is 9.39. The fourth-order valence-corrected chi connectivity index (χ4v) is 2.95. The molecule has 0 nitrogen and oxygen atoms in total. The molecule has 0 aromatic heterocycles. The molecule has 6 heteroatoms. The Hall–Kier alpha value is -1.98. The highest BCUT2D eigenvalue weighted by Crippen LogP contribution is 2.54. The Morgan fingerprint density at radius 3 is 0.882 bits per heavy atom. The minimum absolute atomic E-state index is 0.583. The first-order valence-electron chi connectivity index (χ1n) is 11.8. The number of alkyl halides is 6. The van der Waals surface area contributed by atoms with Crippen LogP contribution in [0.25, 0.3) is 11.1 Å². The lowest BCUT2D eigenvalue weighted by atomic mass is 9.81. The van der Waals surface area contributed by atoms with Crippen LogP contribution in [0.3, 0.4) is 0 Å². The highest BCUT2D eigenvalue weighted by Gasteiger charge is 2.68. The molecule has 0 atom stereocenters. The van der Waals surface area contributed by atoms with Crippen LogP contribution in [0.1, 0.15) is 78.4 Å². The van der Waals surface area contributed by atoms with Crippen molar-refractivity contribution in [3.63, 3.8) is 0 Å². The molecule has 0 unspecified atom stereocenters. The van der Waals surface area contributed by atoms with Crippen molar-refractivity contribution in [3.05, 3.63) is 59.7 Å². The second-order valence-electron chi connectivity index (χ2n) is 9.39. The molecule has 0 fully saturated rings. The third kappa shape index (κ3) is 9.34. The summed E-state index contributed by atoms with van der Waals surface area (Å²) in [5, 5.41) is 0. The first-order valence-corrected chi connectivity index (χ1v) is 11.8. The first kappa shape index (κ1) is 32.0. The van der Waals surface area contributed by atoms with Crippen molar-refractivity contribution >= 4 is 0 Å². The van der Waals surface area contributed by atoms with Gasteiger partial charge in [0.1, 0.15) is 0 Å². The minimum atomic E-state index is -5.23. The monoisotopic (exact) mass is 490 g/mol. The van der Waals surface area contributed by atoms with Crippen molar-refractivity contribution in [1.29, 1.82) is 0 Å². The predicted octanol–water partition coefficient (Wildman–Crippen LogP) is 10.7. The Morgan fingerprint density at radius 2 is 0.765 bits per heavy atom. The molecule has 194 valence electrons. The molecule has 0 saturated carbocycles. The van der Waals surface area contributed by atoms with E-state index in [1.807, 2.05) is 0 Å². The maximum Gasteiger partial charge on any atom is 0.403 e. The van der Waals surface area contributed by atoms with Crippen LogP contribution < -0.4 is 0 Å². The van der Waals surface area contributed by atoms with Crippen LogP contribution in [0.2, 0.25) is 0 Å². The zero-order valence-corrected chi connectivity index (χ0v) is 21.7. The number of halogens is 6. The van der Waals surface area contributed by atoms with Gasteiger partial charge in [-0.1, -0.05) is 114 Å². The van der Waals surface area contributed by atoms with E-state index in [1.54, 1.807) is 0 Å². The Labute approximate surface area is 201 Å². The van der Waals surface area contributed by atoms with Gasteiger partial charge in [0.25, 0.3) is 0 Å². The summed E-state index contributed by atoms with van der Waals surface area (Å²) in [6, 6.07) is 17.3. The van der Waals surface area contributed by atoms with Crippen molar-refractivity contribution in [2.75, 3.05) is 0 Å². The van der Waals surface area contributed by atoms with Crippen molar-refractivity contribution in [1.82, 2.24) is 0 Å². The SMILES string of the molecule is CCC(C)(C)CC.CCC(CC)(C(F)(F)F)C(F)(F)F.Cc1ccc(-c2ccc(C)cc2)cc1. The van der Waals surface area contributed by atoms with E-state index in [2.05, 4.69) is 90.1 Å². The molecule has 0 saturated heterocycles. The average Bonchev–Trinajstić information content (AvgIpc) is 2.75. The smallest absolute Gasteiger partial charge is 0.170 e. The van der Waals surface area contributed by atoms with E-state index < -0.39 is 30.6 Å². The van der Waals surface area contributed by atoms with Gasteiger partial charge in [-0.3, -0.25) is 0 Å². The third-order valence-electron chi connectivity index (χ3n) is 6.64. The Morgan fingerprint density at radius 1 is 0.500 bits per heavy atom. The van der Waals surface area contributed by atoms with Gasteiger partial charge in [-0.05, 0) is 43.2 Å². The summed E-state index contributed by atoms with van der Waals surface area (Å²) >= 11 is 0. The van der Waals surface area contributed by atoms with E-state index >= 15 is 0 Å². The number of aryl methyl sites for hydroxylation is 2. The standard InChI is InChI=1S/C14H14.C7H10F6.C7H16/c1-11-3-7-13(8-4-11)14-9-5-12(2)6-10-14;1-3-5(4-2,6(8,9)10)7(11,12)13;1-5-7(3,4)6-2/h3-10H,1-2H3;3-4H2,1-2H3;5-6H2,1-4H3. The van der Waals surface area contributed by atoms with Crippen LogP contribution in [0.5, 0.6) is 0 Å². The number of rotatable bonds is 5. The van der Waals surface area contributed by atoms with Crippen LogP contribution in [0.15, 0.2) is 48.5 Å². The fraction of sp³-hybridized carbons (Fsp3) is 0.571. The molecule has 34 heavy (non-hydrogen) atoms. The molecule has 0 heterocycles. The Bertz CT molecular complexity index is 742. The fourth-order valence-electron chi connectivity index (χ4n) is 2.95. The summed E-state index contributed by atoms with van der Waals surface area (Å²) in [6.45, 7) is 15.1. The molecule has 0 N–H and O–H groups in total. The number of hydrogen-bond donors (Lipinski definition) is 0. The topological polar surface area (TPSA) is 0 Å². The van der Waals surface area contributed by atoms with Crippen molar-refractivity contribution in [2.24, 2.45) is 10.8 Å². The molecule has 2 rings (SSSR count). The van der Waals surface area contributed by atoms with Crippen LogP contribution >= 0.6 is 0 Å². The molecule has 2 aromatic rings. The van der Waals surface area contributed by atoms with Crippen LogP contribution in [0, 0.1) is 24.7 Å². The van der Waals surface area contributed by atoms with Gasteiger partial charge < -0.3 is 0 Å². The molecule has 0 aliphatic carbocycles. The lowest BCUT2D eigenvalue weighted by Gasteiger charge is -2.35. The van der Waals surface area contributed by atoms with E-state index in [1.165, 1.54) is 35.1 Å². The molecular weight excluding hydrogens is 450 g/mol. The van der Waals surface area contributed by atoms with E-state index in [-0.39, 0.29) is 0 Å². The lowest BCUT2D eigenvalue weighted by molar-refractivity contribution is -0.343. The molecule has 0 aliphatic heterocycles. The predicted molar refractivity (Wildman–Crippen MR) is 131 cm³/mol. The van der Waals surface area contributed by atoms with Gasteiger partial charge >= 0.3 is 12.4 Å². The summed E-state index contributed by atoms with van der Waals surface area (Å²) in [7, 11) is 0. The summed E-state index contributed by atoms with van der Waals surface area (Å²) in [6.07, 6.45) is -9.82. The van der Waals surface area contributed by atoms with Crippen molar-refractivity contribution in [2.45, 2.75) is 93.4 Å². The van der Waals surface area contributed by atoms with E-state index in [0.29, 0.717) is 5.41 Å². The number of hydrogen-bond acceptors (Lipinski definition) is 0. The maximum atomic E-state index is 12.2. The summed E-state index contributed by atoms with van der Waals surface area (Å²) in [5.74, 6) is 0. The van der Waals surface area contributed by atoms with Gasteiger partial charge in [0.15, 0.2) is 5.41 Å². The zero-order valence-electron chi connectivity index (χ0n) is 21.7. The Balaban J connectivity index is 0.000000509. The lowest BCUT2D eigenvalue weighted by Crippen LogP contribution is -2.49. The van der Waals surface area contributed by atoms with E-state index in [4.69, 9.17) is 0 Å². The third-order valence-corrected chi connectivity index (χ3v) is 6.64. The number of benzene rings is 2. The quantitative estimate of drug-likeness (QED) is 0.366. The van der Waals surface area contributed by atoms with Crippen molar-refractivity contribution in [3.8, 4) is 11.1 Å². The molecule has 0 aliphatic rings. The normalized spacial score (nSPS) is 12.3. The van der Waals surface area contributed by atoms with E-state index in [9.17, 15) is 26.3 Å². The largest absolute Gasteiger partial charge is 0.403 e. The molecule has 0 radical (unpaired) electrons. The Kier molecular flexibility index (Phi) is 12.4. The zero-order chi connectivity index (χ0) is 26.8. The average molecular weight is 491 g/mol. The molecule has 0 spiro atoms. The molecular formula is C28H40F6. The summed E-state index contributed by atoms with van der Waals surface area (Å²) < 4.78 is 72.9. The van der Waals surface area contributed by atoms with Gasteiger partial charge in [0.2, 0.25) is 0 Å². The first-order chi connectivity index (χ1) is 15.5. The van der Waals surface area contributed by atoms with Gasteiger partial charge in [0.05, 0.1) is 0 Å². The summed E-state index contributed by atoms with van der Waals surface area (Å²) in [5.41, 5.74) is 2.23. The van der Waals surface area contributed by atoms with Gasteiger partial charge in [-0.15, -0.1) is 0 Å². The second kappa shape index (κ2) is 13.2. The van der Waals surface area contributed by atoms with Crippen LogP contribution in [-0.4, -0.2) is 12.4 Å². The van der Waals surface area contributed by atoms with Crippen molar-refractivity contribution < 1.29 is 26.3 Å². The highest BCUT2D eigenvalue weighted by molar-refractivity contribution is 5.63. The van der Waals surface area contributed by atoms with Crippen LogP contribution in [-0.2, 0) is 0 Å². The molecule has 2 aromatic carbocycles. The van der Waals surface area contributed by atoms with Gasteiger partial charge in [0, 0.05) is 0 Å². The van der Waals surface area contributed by atoms with Gasteiger partial charge in [-0.25, -0.2) is 0 Å². The van der Waals surface area contributed by atoms with E-state index in [0.717, 1.165) is 13.8 Å². The van der Waals surface area contributed by atoms with Gasteiger partial charge in [-0.2, -0.15) is 26.3 Å². The molecule has 0 bridgehead atoms. The van der Waals surface area contributed by atoms with Crippen LogP contribution in [0.4, 0.5) is 26.3 Å². The summed E-state index contributed by atoms with van der Waals surface area (Å²) in [4.78, 5) is 0.